The molecular weight excluding hydrogens is 300 g/mol. The van der Waals surface area contributed by atoms with Gasteiger partial charge in [-0.2, -0.15) is 0 Å². The van der Waals surface area contributed by atoms with E-state index >= 15 is 0 Å². The number of methoxy groups -OCH3 is 1. The molecule has 0 amide bonds. The van der Waals surface area contributed by atoms with E-state index in [0.29, 0.717) is 6.42 Å². The third-order valence-electron chi connectivity index (χ3n) is 2.08. The normalized spacial score (nSPS) is 10.9. The quantitative estimate of drug-likeness (QED) is 0.487. The molecule has 0 aliphatic carbocycles. The highest BCUT2D eigenvalue weighted by atomic mass is 79.9. The molecule has 0 spiro atoms. The molecule has 0 radical (unpaired) electrons. The summed E-state index contributed by atoms with van der Waals surface area (Å²) >= 11 is 3.33. The van der Waals surface area contributed by atoms with Crippen LogP contribution in [0.2, 0.25) is 0 Å². The molecule has 1 aromatic carbocycles. The molecule has 0 heterocycles. The zero-order valence-electron chi connectivity index (χ0n) is 10.1. The van der Waals surface area contributed by atoms with Crippen LogP contribution in [0.3, 0.4) is 0 Å². The van der Waals surface area contributed by atoms with Gasteiger partial charge in [0.05, 0.1) is 7.11 Å². The number of carbonyl (C=O) groups excluding carboxylic acids is 2. The summed E-state index contributed by atoms with van der Waals surface area (Å²) < 4.78 is 10.3. The second-order valence-electron chi connectivity index (χ2n) is 3.48. The molecule has 0 atom stereocenters. The highest BCUT2D eigenvalue weighted by Crippen LogP contribution is 2.12. The van der Waals surface area contributed by atoms with E-state index in [0.717, 1.165) is 10.0 Å². The molecule has 0 aromatic heterocycles. The highest BCUT2D eigenvalue weighted by Gasteiger charge is 2.13. The zero-order valence-corrected chi connectivity index (χ0v) is 11.7. The first kappa shape index (κ1) is 14.4. The Balaban J connectivity index is 2.79. The summed E-state index contributed by atoms with van der Waals surface area (Å²) in [5.41, 5.74) is 0.992. The van der Waals surface area contributed by atoms with Crippen molar-refractivity contribution in [3.63, 3.8) is 0 Å². The zero-order chi connectivity index (χ0) is 13.5. The van der Waals surface area contributed by atoms with Crippen molar-refractivity contribution in [2.24, 2.45) is 0 Å². The van der Waals surface area contributed by atoms with E-state index < -0.39 is 11.9 Å². The maximum Gasteiger partial charge on any atom is 0.373 e. The smallest absolute Gasteiger partial charge is 0.373 e. The maximum atomic E-state index is 11.3. The van der Waals surface area contributed by atoms with Crippen molar-refractivity contribution in [3.05, 3.63) is 46.1 Å². The SMILES string of the molecule is COC(=O)C(=CCc1ccc(Br)cc1)OC(C)=O. The Kier molecular flexibility index (Phi) is 5.58. The van der Waals surface area contributed by atoms with E-state index in [2.05, 4.69) is 20.7 Å². The summed E-state index contributed by atoms with van der Waals surface area (Å²) in [5, 5.41) is 0. The van der Waals surface area contributed by atoms with Crippen molar-refractivity contribution < 1.29 is 19.1 Å². The van der Waals surface area contributed by atoms with Crippen molar-refractivity contribution in [2.75, 3.05) is 7.11 Å². The second-order valence-corrected chi connectivity index (χ2v) is 4.40. The Labute approximate surface area is 114 Å². The highest BCUT2D eigenvalue weighted by molar-refractivity contribution is 9.10. The fourth-order valence-corrected chi connectivity index (χ4v) is 1.52. The molecule has 18 heavy (non-hydrogen) atoms. The van der Waals surface area contributed by atoms with Crippen molar-refractivity contribution in [2.45, 2.75) is 13.3 Å². The van der Waals surface area contributed by atoms with E-state index in [4.69, 9.17) is 4.74 Å². The van der Waals surface area contributed by atoms with Crippen LogP contribution in [0.5, 0.6) is 0 Å². The van der Waals surface area contributed by atoms with E-state index in [9.17, 15) is 9.59 Å². The van der Waals surface area contributed by atoms with Gasteiger partial charge < -0.3 is 9.47 Å². The number of rotatable bonds is 4. The fourth-order valence-electron chi connectivity index (χ4n) is 1.25. The minimum absolute atomic E-state index is 0.0899. The fraction of sp³-hybridized carbons (Fsp3) is 0.231. The molecule has 0 bridgehead atoms. The average molecular weight is 313 g/mol. The molecule has 0 unspecified atom stereocenters. The van der Waals surface area contributed by atoms with Crippen molar-refractivity contribution >= 4 is 27.9 Å². The molecule has 5 heteroatoms. The number of hydrogen-bond donors (Lipinski definition) is 0. The first-order chi connectivity index (χ1) is 8.52. The van der Waals surface area contributed by atoms with Gasteiger partial charge in [-0.05, 0) is 30.2 Å². The summed E-state index contributed by atoms with van der Waals surface area (Å²) in [7, 11) is 1.24. The third kappa shape index (κ3) is 4.71. The summed E-state index contributed by atoms with van der Waals surface area (Å²) in [6.07, 6.45) is 2.00. The lowest BCUT2D eigenvalue weighted by Crippen LogP contribution is -2.11. The molecule has 0 saturated carbocycles. The topological polar surface area (TPSA) is 52.6 Å². The van der Waals surface area contributed by atoms with Gasteiger partial charge in [-0.3, -0.25) is 4.79 Å². The molecular formula is C13H13BrO4. The van der Waals surface area contributed by atoms with Gasteiger partial charge in [0.2, 0.25) is 5.76 Å². The minimum atomic E-state index is -0.665. The van der Waals surface area contributed by atoms with E-state index in [-0.39, 0.29) is 5.76 Å². The molecule has 0 fully saturated rings. The lowest BCUT2D eigenvalue weighted by atomic mass is 10.1. The van der Waals surface area contributed by atoms with E-state index in [1.54, 1.807) is 0 Å². The van der Waals surface area contributed by atoms with Gasteiger partial charge in [-0.1, -0.05) is 28.1 Å². The molecule has 4 nitrogen and oxygen atoms in total. The largest absolute Gasteiger partial charge is 0.463 e. The Morgan fingerprint density at radius 3 is 2.39 bits per heavy atom. The Bertz CT molecular complexity index is 462. The molecule has 0 saturated heterocycles. The maximum absolute atomic E-state index is 11.3. The predicted octanol–water partition coefficient (Wildman–Crippen LogP) is 2.61. The van der Waals surface area contributed by atoms with Crippen LogP contribution in [0, 0.1) is 0 Å². The number of allylic oxidation sites excluding steroid dienone is 1. The molecule has 0 aliphatic rings. The summed E-state index contributed by atoms with van der Waals surface area (Å²) in [6, 6.07) is 7.60. The van der Waals surface area contributed by atoms with Crippen molar-refractivity contribution in [1.29, 1.82) is 0 Å². The monoisotopic (exact) mass is 312 g/mol. The van der Waals surface area contributed by atoms with Crippen LogP contribution in [0.25, 0.3) is 0 Å². The first-order valence-corrected chi connectivity index (χ1v) is 6.03. The van der Waals surface area contributed by atoms with E-state index in [1.807, 2.05) is 24.3 Å². The second kappa shape index (κ2) is 6.96. The van der Waals surface area contributed by atoms with Crippen LogP contribution >= 0.6 is 15.9 Å². The van der Waals surface area contributed by atoms with Crippen LogP contribution in [-0.4, -0.2) is 19.0 Å². The Morgan fingerprint density at radius 2 is 1.89 bits per heavy atom. The van der Waals surface area contributed by atoms with Crippen molar-refractivity contribution in [3.8, 4) is 0 Å². The van der Waals surface area contributed by atoms with Gasteiger partial charge in [0.1, 0.15) is 0 Å². The van der Waals surface area contributed by atoms with Gasteiger partial charge in [0.25, 0.3) is 0 Å². The number of ether oxygens (including phenoxy) is 2. The number of carbonyl (C=O) groups is 2. The number of esters is 2. The van der Waals surface area contributed by atoms with Crippen LogP contribution in [-0.2, 0) is 25.5 Å². The lowest BCUT2D eigenvalue weighted by Gasteiger charge is -2.05. The van der Waals surface area contributed by atoms with E-state index in [1.165, 1.54) is 20.1 Å². The van der Waals surface area contributed by atoms with Gasteiger partial charge in [0.15, 0.2) is 0 Å². The van der Waals surface area contributed by atoms with Crippen LogP contribution in [0.4, 0.5) is 0 Å². The summed E-state index contributed by atoms with van der Waals surface area (Å²) in [5.74, 6) is -1.31. The summed E-state index contributed by atoms with van der Waals surface area (Å²) in [6.45, 7) is 1.23. The van der Waals surface area contributed by atoms with Crippen LogP contribution in [0.15, 0.2) is 40.6 Å². The molecule has 0 N–H and O–H groups in total. The first-order valence-electron chi connectivity index (χ1n) is 5.24. The Morgan fingerprint density at radius 1 is 1.28 bits per heavy atom. The van der Waals surface area contributed by atoms with Gasteiger partial charge in [0, 0.05) is 11.4 Å². The number of benzene rings is 1. The molecule has 0 aliphatic heterocycles. The number of hydrogen-bond acceptors (Lipinski definition) is 4. The third-order valence-corrected chi connectivity index (χ3v) is 2.61. The Hall–Kier alpha value is -1.62. The molecule has 1 aromatic rings. The standard InChI is InChI=1S/C13H13BrO4/c1-9(15)18-12(13(16)17-2)8-5-10-3-6-11(14)7-4-10/h3-4,6-8H,5H2,1-2H3. The minimum Gasteiger partial charge on any atom is -0.463 e. The average Bonchev–Trinajstić information content (AvgIpc) is 2.35. The lowest BCUT2D eigenvalue weighted by molar-refractivity contribution is -0.148. The van der Waals surface area contributed by atoms with Gasteiger partial charge in [-0.15, -0.1) is 0 Å². The van der Waals surface area contributed by atoms with Crippen LogP contribution < -0.4 is 0 Å². The number of halogens is 1. The van der Waals surface area contributed by atoms with Gasteiger partial charge >= 0.3 is 11.9 Å². The van der Waals surface area contributed by atoms with Gasteiger partial charge in [-0.25, -0.2) is 4.79 Å². The predicted molar refractivity (Wildman–Crippen MR) is 69.7 cm³/mol. The van der Waals surface area contributed by atoms with Crippen LogP contribution in [0.1, 0.15) is 12.5 Å². The summed E-state index contributed by atoms with van der Waals surface area (Å²) in [4.78, 5) is 22.2. The molecule has 96 valence electrons. The molecule has 1 rings (SSSR count). The van der Waals surface area contributed by atoms with Crippen molar-refractivity contribution in [1.82, 2.24) is 0 Å².